The van der Waals surface area contributed by atoms with Gasteiger partial charge in [0, 0.05) is 20.3 Å². The fourth-order valence-corrected chi connectivity index (χ4v) is 3.48. The molecule has 0 aliphatic carbocycles. The first-order valence-electron chi connectivity index (χ1n) is 5.89. The molecule has 0 N–H and O–H groups in total. The first kappa shape index (κ1) is 15.7. The molecule has 0 aromatic heterocycles. The Morgan fingerprint density at radius 2 is 1.85 bits per heavy atom. The van der Waals surface area contributed by atoms with Crippen molar-refractivity contribution in [3.8, 4) is 0 Å². The van der Waals surface area contributed by atoms with Gasteiger partial charge in [0.1, 0.15) is 11.6 Å². The minimum Gasteiger partial charge on any atom is -0.298 e. The van der Waals surface area contributed by atoms with Crippen molar-refractivity contribution in [2.45, 2.75) is 11.3 Å². The largest absolute Gasteiger partial charge is 0.298 e. The molecule has 104 valence electrons. The van der Waals surface area contributed by atoms with E-state index in [1.54, 1.807) is 6.07 Å². The molecule has 0 saturated heterocycles. The molecule has 0 spiro atoms. The molecule has 0 heterocycles. The van der Waals surface area contributed by atoms with Crippen LogP contribution in [0.1, 0.15) is 5.56 Å². The van der Waals surface area contributed by atoms with Crippen molar-refractivity contribution < 1.29 is 9.18 Å². The van der Waals surface area contributed by atoms with Gasteiger partial charge in [-0.3, -0.25) is 4.79 Å². The molecule has 2 rings (SSSR count). The van der Waals surface area contributed by atoms with Gasteiger partial charge < -0.3 is 0 Å². The predicted molar refractivity (Wildman–Crippen MR) is 87.7 cm³/mol. The van der Waals surface area contributed by atoms with Gasteiger partial charge in [-0.25, -0.2) is 4.39 Å². The van der Waals surface area contributed by atoms with Gasteiger partial charge in [0.25, 0.3) is 0 Å². The van der Waals surface area contributed by atoms with Crippen LogP contribution in [0, 0.1) is 5.82 Å². The maximum absolute atomic E-state index is 13.2. The molecular formula is C15H11Br2FOS. The molecule has 0 aliphatic heterocycles. The zero-order valence-electron chi connectivity index (χ0n) is 10.4. The second-order valence-corrected chi connectivity index (χ2v) is 6.90. The van der Waals surface area contributed by atoms with Crippen molar-refractivity contribution in [1.82, 2.24) is 0 Å². The van der Waals surface area contributed by atoms with Crippen LogP contribution in [0.15, 0.2) is 56.3 Å². The minimum atomic E-state index is -0.325. The summed E-state index contributed by atoms with van der Waals surface area (Å²) in [5, 5.41) is 0. The van der Waals surface area contributed by atoms with Crippen molar-refractivity contribution >= 4 is 49.4 Å². The molecule has 20 heavy (non-hydrogen) atoms. The highest BCUT2D eigenvalue weighted by atomic mass is 79.9. The van der Waals surface area contributed by atoms with E-state index >= 15 is 0 Å². The van der Waals surface area contributed by atoms with Gasteiger partial charge in [0.15, 0.2) is 0 Å². The van der Waals surface area contributed by atoms with Crippen LogP contribution in [0.4, 0.5) is 4.39 Å². The van der Waals surface area contributed by atoms with Crippen LogP contribution in [0.5, 0.6) is 0 Å². The second kappa shape index (κ2) is 7.38. The lowest BCUT2D eigenvalue weighted by Gasteiger charge is -2.05. The van der Waals surface area contributed by atoms with E-state index < -0.39 is 0 Å². The molecule has 1 nitrogen and oxygen atoms in total. The Labute approximate surface area is 138 Å². The molecular weight excluding hydrogens is 407 g/mol. The molecule has 0 unspecified atom stereocenters. The van der Waals surface area contributed by atoms with Gasteiger partial charge >= 0.3 is 0 Å². The molecule has 5 heteroatoms. The van der Waals surface area contributed by atoms with Crippen LogP contribution in [0.25, 0.3) is 0 Å². The normalized spacial score (nSPS) is 10.6. The number of hydrogen-bond donors (Lipinski definition) is 0. The second-order valence-electron chi connectivity index (χ2n) is 4.17. The molecule has 0 bridgehead atoms. The monoisotopic (exact) mass is 416 g/mol. The third-order valence-corrected chi connectivity index (χ3v) is 5.48. The average Bonchev–Trinajstić information content (AvgIpc) is 2.42. The number of carbonyl (C=O) groups excluding carboxylic acids is 1. The summed E-state index contributed by atoms with van der Waals surface area (Å²) in [6.07, 6.45) is 0.232. The van der Waals surface area contributed by atoms with Crippen molar-refractivity contribution in [2.24, 2.45) is 0 Å². The number of thioether (sulfide) groups is 1. The summed E-state index contributed by atoms with van der Waals surface area (Å²) >= 11 is 8.26. The average molecular weight is 418 g/mol. The summed E-state index contributed by atoms with van der Waals surface area (Å²) in [4.78, 5) is 13.0. The molecule has 2 aromatic rings. The summed E-state index contributed by atoms with van der Waals surface area (Å²) in [7, 11) is 0. The van der Waals surface area contributed by atoms with Gasteiger partial charge in [0.2, 0.25) is 0 Å². The van der Waals surface area contributed by atoms with Crippen molar-refractivity contribution in [2.75, 3.05) is 5.75 Å². The molecule has 0 atom stereocenters. The van der Waals surface area contributed by atoms with Gasteiger partial charge in [-0.2, -0.15) is 0 Å². The maximum Gasteiger partial charge on any atom is 0.147 e. The van der Waals surface area contributed by atoms with Gasteiger partial charge in [0.05, 0.1) is 5.75 Å². The number of benzene rings is 2. The molecule has 0 aliphatic rings. The van der Waals surface area contributed by atoms with Gasteiger partial charge in [-0.1, -0.05) is 28.1 Å². The Balaban J connectivity index is 1.96. The highest BCUT2D eigenvalue weighted by Crippen LogP contribution is 2.27. The molecule has 2 aromatic carbocycles. The van der Waals surface area contributed by atoms with Crippen molar-refractivity contribution in [3.05, 3.63) is 62.8 Å². The van der Waals surface area contributed by atoms with Crippen LogP contribution < -0.4 is 0 Å². The maximum atomic E-state index is 13.2. The van der Waals surface area contributed by atoms with Crippen LogP contribution in [-0.2, 0) is 11.2 Å². The Morgan fingerprint density at radius 1 is 1.10 bits per heavy atom. The lowest BCUT2D eigenvalue weighted by molar-refractivity contribution is -0.116. The first-order chi connectivity index (χ1) is 9.56. The van der Waals surface area contributed by atoms with Crippen LogP contribution in [0.2, 0.25) is 0 Å². The van der Waals surface area contributed by atoms with E-state index in [0.717, 1.165) is 13.8 Å². The highest BCUT2D eigenvalue weighted by Gasteiger charge is 2.09. The van der Waals surface area contributed by atoms with Gasteiger partial charge in [-0.15, -0.1) is 11.8 Å². The number of carbonyl (C=O) groups is 1. The molecule has 0 saturated carbocycles. The summed E-state index contributed by atoms with van der Waals surface area (Å²) in [5.41, 5.74) is 0.683. The van der Waals surface area contributed by atoms with Crippen molar-refractivity contribution in [1.29, 1.82) is 0 Å². The Hall–Kier alpha value is -0.650. The summed E-state index contributed by atoms with van der Waals surface area (Å²) in [6.45, 7) is 0. The van der Waals surface area contributed by atoms with E-state index in [9.17, 15) is 9.18 Å². The van der Waals surface area contributed by atoms with Crippen LogP contribution in [0.3, 0.4) is 0 Å². The SMILES string of the molecule is O=C(CSc1ccccc1Br)Cc1cc(F)ccc1Br. The Kier molecular flexibility index (Phi) is 5.81. The highest BCUT2D eigenvalue weighted by molar-refractivity contribution is 9.10. The number of halogens is 3. The summed E-state index contributed by atoms with van der Waals surface area (Å²) in [5.74, 6) is 0.109. The number of rotatable bonds is 5. The lowest BCUT2D eigenvalue weighted by atomic mass is 10.1. The summed E-state index contributed by atoms with van der Waals surface area (Å²) in [6, 6.07) is 12.1. The van der Waals surface area contributed by atoms with E-state index in [2.05, 4.69) is 31.9 Å². The van der Waals surface area contributed by atoms with Crippen LogP contribution in [-0.4, -0.2) is 11.5 Å². The smallest absolute Gasteiger partial charge is 0.147 e. The first-order valence-corrected chi connectivity index (χ1v) is 8.46. The fourth-order valence-electron chi connectivity index (χ4n) is 1.66. The number of hydrogen-bond acceptors (Lipinski definition) is 2. The summed E-state index contributed by atoms with van der Waals surface area (Å²) < 4.78 is 14.9. The standard InChI is InChI=1S/C15H11Br2FOS/c16-13-6-5-11(18)7-10(13)8-12(19)9-20-15-4-2-1-3-14(15)17/h1-7H,8-9H2. The third kappa shape index (κ3) is 4.43. The van der Waals surface area contributed by atoms with Crippen LogP contribution >= 0.6 is 43.6 Å². The van der Waals surface area contributed by atoms with E-state index in [0.29, 0.717) is 11.3 Å². The zero-order chi connectivity index (χ0) is 14.5. The lowest BCUT2D eigenvalue weighted by Crippen LogP contribution is -2.06. The van der Waals surface area contributed by atoms with Crippen molar-refractivity contribution in [3.63, 3.8) is 0 Å². The van der Waals surface area contributed by atoms with E-state index in [4.69, 9.17) is 0 Å². The quantitative estimate of drug-likeness (QED) is 0.617. The van der Waals surface area contributed by atoms with E-state index in [-0.39, 0.29) is 18.0 Å². The third-order valence-electron chi connectivity index (χ3n) is 2.62. The van der Waals surface area contributed by atoms with E-state index in [1.165, 1.54) is 23.9 Å². The topological polar surface area (TPSA) is 17.1 Å². The molecule has 0 fully saturated rings. The van der Waals surface area contributed by atoms with E-state index in [1.807, 2.05) is 24.3 Å². The Bertz CT molecular complexity index is 631. The predicted octanol–water partition coefficient (Wildman–Crippen LogP) is 5.25. The zero-order valence-corrected chi connectivity index (χ0v) is 14.4. The van der Waals surface area contributed by atoms with Gasteiger partial charge in [-0.05, 0) is 51.8 Å². The minimum absolute atomic E-state index is 0.0667. The number of ketones is 1. The molecule has 0 radical (unpaired) electrons. The number of Topliss-reactive ketones (excluding diaryl/α,β-unsaturated/α-hetero) is 1. The molecule has 0 amide bonds. The Morgan fingerprint density at radius 3 is 2.60 bits per heavy atom. The fraction of sp³-hybridized carbons (Fsp3) is 0.133.